The Hall–Kier alpha value is -2.44. The second-order valence-electron chi connectivity index (χ2n) is 6.41. The van der Waals surface area contributed by atoms with Crippen molar-refractivity contribution in [1.82, 2.24) is 20.1 Å². The van der Waals surface area contributed by atoms with E-state index in [1.807, 2.05) is 24.3 Å². The highest BCUT2D eigenvalue weighted by Crippen LogP contribution is 2.16. The molecule has 0 radical (unpaired) electrons. The largest absolute Gasteiger partial charge is 0.330 e. The van der Waals surface area contributed by atoms with E-state index in [-0.39, 0.29) is 12.1 Å². The fraction of sp³-hybridized carbons (Fsp3) is 0.368. The van der Waals surface area contributed by atoms with Gasteiger partial charge in [0.05, 0.1) is 17.9 Å². The minimum atomic E-state index is -0.212. The molecule has 0 unspecified atom stereocenters. The van der Waals surface area contributed by atoms with Gasteiger partial charge in [0.1, 0.15) is 0 Å². The molecule has 2 N–H and O–H groups in total. The number of carbonyl (C=O) groups is 1. The van der Waals surface area contributed by atoms with Crippen molar-refractivity contribution < 1.29 is 4.79 Å². The second-order valence-corrected chi connectivity index (χ2v) is 6.41. The van der Waals surface area contributed by atoms with E-state index in [0.29, 0.717) is 5.69 Å². The molecule has 3 rings (SSSR count). The Kier molecular flexibility index (Phi) is 5.98. The average Bonchev–Trinajstić information content (AvgIpc) is 2.64. The van der Waals surface area contributed by atoms with E-state index in [9.17, 15) is 4.79 Å². The summed E-state index contributed by atoms with van der Waals surface area (Å²) in [5.41, 5.74) is 1.80. The van der Waals surface area contributed by atoms with Gasteiger partial charge in [0.25, 0.3) is 0 Å². The van der Waals surface area contributed by atoms with Crippen molar-refractivity contribution in [2.24, 2.45) is 0 Å². The summed E-state index contributed by atoms with van der Waals surface area (Å²) >= 11 is 0. The maximum atomic E-state index is 12.4. The molecule has 2 aromatic rings. The van der Waals surface area contributed by atoms with Crippen LogP contribution in [-0.4, -0.2) is 60.6 Å². The summed E-state index contributed by atoms with van der Waals surface area (Å²) in [5, 5.41) is 5.95. The molecule has 2 amide bonds. The Morgan fingerprint density at radius 3 is 2.56 bits per heavy atom. The number of piperazine rings is 1. The van der Waals surface area contributed by atoms with Crippen LogP contribution in [0.4, 0.5) is 10.5 Å². The van der Waals surface area contributed by atoms with Gasteiger partial charge in [-0.3, -0.25) is 9.88 Å². The maximum absolute atomic E-state index is 12.4. The van der Waals surface area contributed by atoms with E-state index in [1.165, 1.54) is 0 Å². The number of nitrogens with zero attached hydrogens (tertiary/aromatic N) is 3. The molecule has 1 aliphatic rings. The number of pyridine rings is 1. The van der Waals surface area contributed by atoms with E-state index in [1.54, 1.807) is 18.5 Å². The number of nitrogens with one attached hydrogen (secondary N) is 2. The zero-order chi connectivity index (χ0) is 17.5. The van der Waals surface area contributed by atoms with Crippen LogP contribution in [0.25, 0.3) is 0 Å². The molecule has 132 valence electrons. The fourth-order valence-electron chi connectivity index (χ4n) is 2.97. The van der Waals surface area contributed by atoms with Gasteiger partial charge in [0.2, 0.25) is 0 Å². The molecule has 6 nitrogen and oxygen atoms in total. The molecule has 1 atom stereocenters. The van der Waals surface area contributed by atoms with E-state index in [4.69, 9.17) is 0 Å². The number of hydrogen-bond donors (Lipinski definition) is 2. The lowest BCUT2D eigenvalue weighted by Gasteiger charge is -2.35. The number of amides is 2. The van der Waals surface area contributed by atoms with Crippen LogP contribution < -0.4 is 10.6 Å². The lowest BCUT2D eigenvalue weighted by molar-refractivity contribution is 0.143. The Balaban J connectivity index is 1.65. The molecule has 0 saturated carbocycles. The number of hydrogen-bond acceptors (Lipinski definition) is 4. The van der Waals surface area contributed by atoms with Crippen molar-refractivity contribution in [1.29, 1.82) is 0 Å². The molecular formula is C19H25N5O. The number of aromatic nitrogens is 1. The molecule has 6 heteroatoms. The fourth-order valence-corrected chi connectivity index (χ4v) is 2.97. The first kappa shape index (κ1) is 17.4. The maximum Gasteiger partial charge on any atom is 0.319 e. The van der Waals surface area contributed by atoms with E-state index in [0.717, 1.165) is 38.3 Å². The Morgan fingerprint density at radius 2 is 1.88 bits per heavy atom. The topological polar surface area (TPSA) is 60.5 Å². The molecular weight excluding hydrogens is 314 g/mol. The summed E-state index contributed by atoms with van der Waals surface area (Å²) in [6.07, 6.45) is 3.32. The molecule has 0 aliphatic carbocycles. The van der Waals surface area contributed by atoms with Gasteiger partial charge >= 0.3 is 6.03 Å². The van der Waals surface area contributed by atoms with Crippen molar-refractivity contribution in [2.75, 3.05) is 45.1 Å². The Bertz CT molecular complexity index is 656. The van der Waals surface area contributed by atoms with Gasteiger partial charge < -0.3 is 15.5 Å². The SMILES string of the molecule is CN1CCN(C[C@@H](NC(=O)Nc2cccnc2)c2ccccc2)CC1. The summed E-state index contributed by atoms with van der Waals surface area (Å²) in [6, 6.07) is 13.5. The third kappa shape index (κ3) is 5.27. The normalized spacial score (nSPS) is 17.0. The highest BCUT2D eigenvalue weighted by Gasteiger charge is 2.21. The summed E-state index contributed by atoms with van der Waals surface area (Å²) < 4.78 is 0. The van der Waals surface area contributed by atoms with Crippen molar-refractivity contribution in [2.45, 2.75) is 6.04 Å². The zero-order valence-corrected chi connectivity index (χ0v) is 14.6. The lowest BCUT2D eigenvalue weighted by Crippen LogP contribution is -2.48. The molecule has 1 fully saturated rings. The first-order valence-corrected chi connectivity index (χ1v) is 8.64. The number of anilines is 1. The van der Waals surface area contributed by atoms with Gasteiger partial charge in [-0.2, -0.15) is 0 Å². The van der Waals surface area contributed by atoms with Crippen LogP contribution in [-0.2, 0) is 0 Å². The molecule has 1 saturated heterocycles. The standard InChI is InChI=1S/C19H25N5O/c1-23-10-12-24(13-11-23)15-18(16-6-3-2-4-7-16)22-19(25)21-17-8-5-9-20-14-17/h2-9,14,18H,10-13,15H2,1H3,(H2,21,22,25)/t18-/m1/s1. The predicted octanol–water partition coefficient (Wildman–Crippen LogP) is 2.19. The molecule has 0 bridgehead atoms. The number of carbonyl (C=O) groups excluding carboxylic acids is 1. The van der Waals surface area contributed by atoms with Crippen LogP contribution in [0.5, 0.6) is 0 Å². The minimum Gasteiger partial charge on any atom is -0.330 e. The van der Waals surface area contributed by atoms with Gasteiger partial charge in [0.15, 0.2) is 0 Å². The van der Waals surface area contributed by atoms with Crippen LogP contribution in [0, 0.1) is 0 Å². The van der Waals surface area contributed by atoms with Gasteiger partial charge in [-0.05, 0) is 24.7 Å². The molecule has 1 aliphatic heterocycles. The van der Waals surface area contributed by atoms with Gasteiger partial charge in [0, 0.05) is 38.9 Å². The van der Waals surface area contributed by atoms with Gasteiger partial charge in [-0.25, -0.2) is 4.79 Å². The number of urea groups is 1. The zero-order valence-electron chi connectivity index (χ0n) is 14.6. The van der Waals surface area contributed by atoms with Gasteiger partial charge in [-0.15, -0.1) is 0 Å². The van der Waals surface area contributed by atoms with Crippen LogP contribution in [0.3, 0.4) is 0 Å². The highest BCUT2D eigenvalue weighted by atomic mass is 16.2. The van der Waals surface area contributed by atoms with Crippen LogP contribution in [0.2, 0.25) is 0 Å². The monoisotopic (exact) mass is 339 g/mol. The number of likely N-dealkylation sites (N-methyl/N-ethyl adjacent to an activating group) is 1. The number of benzene rings is 1. The van der Waals surface area contributed by atoms with Crippen molar-refractivity contribution >= 4 is 11.7 Å². The quantitative estimate of drug-likeness (QED) is 0.877. The molecule has 1 aromatic heterocycles. The highest BCUT2D eigenvalue weighted by molar-refractivity contribution is 5.89. The smallest absolute Gasteiger partial charge is 0.319 e. The van der Waals surface area contributed by atoms with Crippen LogP contribution in [0.15, 0.2) is 54.9 Å². The van der Waals surface area contributed by atoms with Gasteiger partial charge in [-0.1, -0.05) is 30.3 Å². The summed E-state index contributed by atoms with van der Waals surface area (Å²) in [5.74, 6) is 0. The molecule has 0 spiro atoms. The second kappa shape index (κ2) is 8.60. The lowest BCUT2D eigenvalue weighted by atomic mass is 10.1. The first-order valence-electron chi connectivity index (χ1n) is 8.64. The van der Waals surface area contributed by atoms with E-state index in [2.05, 4.69) is 44.6 Å². The Labute approximate surface area is 148 Å². The molecule has 25 heavy (non-hydrogen) atoms. The van der Waals surface area contributed by atoms with Crippen LogP contribution >= 0.6 is 0 Å². The minimum absolute atomic E-state index is 0.0544. The third-order valence-corrected chi connectivity index (χ3v) is 4.46. The summed E-state index contributed by atoms with van der Waals surface area (Å²) in [6.45, 7) is 4.96. The molecule has 2 heterocycles. The molecule has 1 aromatic carbocycles. The van der Waals surface area contributed by atoms with Crippen molar-refractivity contribution in [3.05, 3.63) is 60.4 Å². The summed E-state index contributed by atoms with van der Waals surface area (Å²) in [4.78, 5) is 21.2. The van der Waals surface area contributed by atoms with Crippen molar-refractivity contribution in [3.63, 3.8) is 0 Å². The Morgan fingerprint density at radius 1 is 1.12 bits per heavy atom. The van der Waals surface area contributed by atoms with E-state index < -0.39 is 0 Å². The third-order valence-electron chi connectivity index (χ3n) is 4.46. The number of rotatable bonds is 5. The average molecular weight is 339 g/mol. The van der Waals surface area contributed by atoms with E-state index >= 15 is 0 Å². The summed E-state index contributed by atoms with van der Waals surface area (Å²) in [7, 11) is 2.14. The first-order chi connectivity index (χ1) is 12.2. The van der Waals surface area contributed by atoms with Crippen molar-refractivity contribution in [3.8, 4) is 0 Å². The predicted molar refractivity (Wildman–Crippen MR) is 99.5 cm³/mol. The van der Waals surface area contributed by atoms with Crippen LogP contribution in [0.1, 0.15) is 11.6 Å².